The van der Waals surface area contributed by atoms with Crippen LogP contribution in [0, 0.1) is 0 Å². The van der Waals surface area contributed by atoms with Crippen molar-refractivity contribution in [3.05, 3.63) is 52.6 Å². The van der Waals surface area contributed by atoms with E-state index in [1.807, 2.05) is 32.0 Å². The lowest BCUT2D eigenvalue weighted by molar-refractivity contribution is -0.185. The molecule has 0 aliphatic carbocycles. The zero-order valence-electron chi connectivity index (χ0n) is 18.5. The Bertz CT molecular complexity index is 832. The second-order valence-electron chi connectivity index (χ2n) is 7.92. The zero-order valence-corrected chi connectivity index (χ0v) is 18.5. The molecular weight excluding hydrogens is 368 g/mol. The molecule has 0 bridgehead atoms. The lowest BCUT2D eigenvalue weighted by Gasteiger charge is -2.43. The average molecular weight is 401 g/mol. The van der Waals surface area contributed by atoms with Crippen LogP contribution in [0.2, 0.25) is 0 Å². The Hall–Kier alpha value is -2.56. The molecular formula is C24H32O5. The highest BCUT2D eigenvalue weighted by Crippen LogP contribution is 2.44. The monoisotopic (exact) mass is 400 g/mol. The van der Waals surface area contributed by atoms with Crippen LogP contribution in [0.25, 0.3) is 0 Å². The van der Waals surface area contributed by atoms with E-state index in [2.05, 4.69) is 6.92 Å². The van der Waals surface area contributed by atoms with Gasteiger partial charge in [0.1, 0.15) is 11.4 Å². The van der Waals surface area contributed by atoms with Crippen molar-refractivity contribution in [2.24, 2.45) is 0 Å². The van der Waals surface area contributed by atoms with Crippen LogP contribution in [0.1, 0.15) is 72.1 Å². The van der Waals surface area contributed by atoms with Crippen molar-refractivity contribution in [2.75, 3.05) is 0 Å². The van der Waals surface area contributed by atoms with Crippen LogP contribution in [-0.4, -0.2) is 23.6 Å². The molecule has 0 saturated carbocycles. The van der Waals surface area contributed by atoms with Gasteiger partial charge in [-0.05, 0) is 65.7 Å². The molecule has 0 amide bonds. The molecule has 1 aliphatic heterocycles. The molecule has 0 saturated heterocycles. The van der Waals surface area contributed by atoms with E-state index in [9.17, 15) is 9.59 Å². The van der Waals surface area contributed by atoms with Gasteiger partial charge in [0.2, 0.25) is 0 Å². The van der Waals surface area contributed by atoms with Gasteiger partial charge in [0.05, 0.1) is 0 Å². The van der Waals surface area contributed by atoms with E-state index in [-0.39, 0.29) is 0 Å². The molecule has 0 N–H and O–H groups in total. The van der Waals surface area contributed by atoms with Crippen LogP contribution in [0.3, 0.4) is 0 Å². The molecule has 158 valence electrons. The smallest absolute Gasteiger partial charge is 0.334 e. The molecule has 1 aromatic rings. The van der Waals surface area contributed by atoms with E-state index in [1.54, 1.807) is 39.8 Å². The molecule has 1 heterocycles. The van der Waals surface area contributed by atoms with Crippen LogP contribution in [-0.2, 0) is 25.5 Å². The third-order valence-electron chi connectivity index (χ3n) is 5.23. The summed E-state index contributed by atoms with van der Waals surface area (Å²) < 4.78 is 17.9. The number of carbonyl (C=O) groups is 2. The minimum atomic E-state index is -0.877. The van der Waals surface area contributed by atoms with Gasteiger partial charge in [-0.25, -0.2) is 9.59 Å². The highest BCUT2D eigenvalue weighted by Gasteiger charge is 2.49. The number of ether oxygens (including phenoxy) is 3. The summed E-state index contributed by atoms with van der Waals surface area (Å²) in [6.45, 7) is 12.7. The van der Waals surface area contributed by atoms with E-state index < -0.39 is 29.7 Å². The van der Waals surface area contributed by atoms with Crippen LogP contribution >= 0.6 is 0 Å². The van der Waals surface area contributed by atoms with Gasteiger partial charge in [0.25, 0.3) is 0 Å². The fourth-order valence-corrected chi connectivity index (χ4v) is 3.21. The second kappa shape index (κ2) is 9.29. The molecule has 2 rings (SSSR count). The topological polar surface area (TPSA) is 61.8 Å². The number of esters is 2. The fraction of sp³-hybridized carbons (Fsp3) is 0.500. The Balaban J connectivity index is 2.54. The second-order valence-corrected chi connectivity index (χ2v) is 7.92. The Labute approximate surface area is 173 Å². The lowest BCUT2D eigenvalue weighted by atomic mass is 9.87. The van der Waals surface area contributed by atoms with Gasteiger partial charge in [-0.3, -0.25) is 0 Å². The summed E-state index contributed by atoms with van der Waals surface area (Å²) >= 11 is 0. The number of allylic oxidation sites excluding steroid dienone is 2. The first-order valence-electron chi connectivity index (χ1n) is 10.1. The van der Waals surface area contributed by atoms with Crippen molar-refractivity contribution in [1.29, 1.82) is 0 Å². The predicted molar refractivity (Wildman–Crippen MR) is 113 cm³/mol. The Kier molecular flexibility index (Phi) is 7.28. The van der Waals surface area contributed by atoms with Crippen molar-refractivity contribution in [3.8, 4) is 5.75 Å². The summed E-state index contributed by atoms with van der Waals surface area (Å²) in [4.78, 5) is 25.1. The van der Waals surface area contributed by atoms with Gasteiger partial charge in [-0.1, -0.05) is 31.6 Å². The normalized spacial score (nSPS) is 21.1. The summed E-state index contributed by atoms with van der Waals surface area (Å²) in [5, 5.41) is 0. The van der Waals surface area contributed by atoms with Crippen molar-refractivity contribution >= 4 is 11.9 Å². The maximum absolute atomic E-state index is 12.6. The first-order valence-corrected chi connectivity index (χ1v) is 10.1. The van der Waals surface area contributed by atoms with Crippen LogP contribution in [0.15, 0.2) is 41.5 Å². The van der Waals surface area contributed by atoms with Gasteiger partial charge >= 0.3 is 11.9 Å². The van der Waals surface area contributed by atoms with E-state index in [0.29, 0.717) is 16.9 Å². The maximum Gasteiger partial charge on any atom is 0.334 e. The zero-order chi connectivity index (χ0) is 21.8. The molecule has 1 aliphatic rings. The number of rotatable bonds is 6. The summed E-state index contributed by atoms with van der Waals surface area (Å²) in [7, 11) is 0. The van der Waals surface area contributed by atoms with E-state index in [1.165, 1.54) is 0 Å². The van der Waals surface area contributed by atoms with Crippen LogP contribution in [0.5, 0.6) is 5.75 Å². The van der Waals surface area contributed by atoms with Crippen LogP contribution in [0.4, 0.5) is 0 Å². The minimum absolute atomic E-state index is 0.439. The molecule has 1 aromatic carbocycles. The lowest BCUT2D eigenvalue weighted by Crippen LogP contribution is -2.52. The van der Waals surface area contributed by atoms with Gasteiger partial charge in [0, 0.05) is 16.7 Å². The van der Waals surface area contributed by atoms with Gasteiger partial charge in [0.15, 0.2) is 12.2 Å². The van der Waals surface area contributed by atoms with Crippen molar-refractivity contribution < 1.29 is 23.8 Å². The average Bonchev–Trinajstić information content (AvgIpc) is 2.69. The Morgan fingerprint density at radius 3 is 2.21 bits per heavy atom. The number of hydrogen-bond acceptors (Lipinski definition) is 5. The van der Waals surface area contributed by atoms with Gasteiger partial charge in [-0.2, -0.15) is 0 Å². The maximum atomic E-state index is 12.6. The molecule has 0 spiro atoms. The third kappa shape index (κ3) is 5.08. The Morgan fingerprint density at radius 2 is 1.66 bits per heavy atom. The SMILES string of the molecule is C/C=C(\C)C(=O)O[C@@H]1c2cc(CCC)ccc2OC(C)(C)[C@@H]1OC(=O)/C(C)=C/C. The van der Waals surface area contributed by atoms with E-state index in [4.69, 9.17) is 14.2 Å². The van der Waals surface area contributed by atoms with E-state index in [0.717, 1.165) is 24.0 Å². The molecule has 0 aromatic heterocycles. The van der Waals surface area contributed by atoms with Gasteiger partial charge in [-0.15, -0.1) is 0 Å². The minimum Gasteiger partial charge on any atom is -0.483 e. The molecule has 0 radical (unpaired) electrons. The molecule has 2 atom stereocenters. The predicted octanol–water partition coefficient (Wildman–Crippen LogP) is 5.24. The third-order valence-corrected chi connectivity index (χ3v) is 5.23. The molecule has 5 nitrogen and oxygen atoms in total. The Morgan fingerprint density at radius 1 is 1.07 bits per heavy atom. The highest BCUT2D eigenvalue weighted by molar-refractivity contribution is 5.89. The molecule has 0 unspecified atom stereocenters. The fourth-order valence-electron chi connectivity index (χ4n) is 3.21. The van der Waals surface area contributed by atoms with Crippen LogP contribution < -0.4 is 4.74 Å². The standard InChI is InChI=1S/C24H32O5/c1-8-11-17-12-13-19-18(14-17)20(27-22(25)15(4)9-2)21(24(6,7)29-19)28-23(26)16(5)10-3/h9-10,12-14,20-21H,8,11H2,1-7H3/b15-9+,16-10+/t20-,21-/m1/s1. The molecule has 0 fully saturated rings. The molecule has 29 heavy (non-hydrogen) atoms. The molecule has 5 heteroatoms. The summed E-state index contributed by atoms with van der Waals surface area (Å²) in [6, 6.07) is 5.91. The number of fused-ring (bicyclic) bond motifs is 1. The summed E-state index contributed by atoms with van der Waals surface area (Å²) in [5.41, 5.74) is 1.95. The quantitative estimate of drug-likeness (QED) is 0.483. The van der Waals surface area contributed by atoms with Crippen molar-refractivity contribution in [3.63, 3.8) is 0 Å². The number of aryl methyl sites for hydroxylation is 1. The highest BCUT2D eigenvalue weighted by atomic mass is 16.6. The van der Waals surface area contributed by atoms with E-state index >= 15 is 0 Å². The van der Waals surface area contributed by atoms with Gasteiger partial charge < -0.3 is 14.2 Å². The van der Waals surface area contributed by atoms with Crippen molar-refractivity contribution in [2.45, 2.75) is 79.1 Å². The summed E-state index contributed by atoms with van der Waals surface area (Å²) in [5.74, 6) is -0.252. The largest absolute Gasteiger partial charge is 0.483 e. The van der Waals surface area contributed by atoms with Crippen molar-refractivity contribution in [1.82, 2.24) is 0 Å². The number of hydrogen-bond donors (Lipinski definition) is 0. The first-order chi connectivity index (χ1) is 13.6. The first kappa shape index (κ1) is 22.7. The number of carbonyl (C=O) groups excluding carboxylic acids is 2. The number of benzene rings is 1. The summed E-state index contributed by atoms with van der Waals surface area (Å²) in [6.07, 6.45) is 3.73.